The summed E-state index contributed by atoms with van der Waals surface area (Å²) < 4.78 is 59.6. The van der Waals surface area contributed by atoms with Gasteiger partial charge in [0.05, 0.1) is 48.6 Å². The highest BCUT2D eigenvalue weighted by molar-refractivity contribution is 5.95. The fraction of sp³-hybridized carbons (Fsp3) is 0.717. The summed E-state index contributed by atoms with van der Waals surface area (Å²) in [6.07, 6.45) is 4.77. The number of esters is 1. The number of carbonyl (C=O) groups excluding carboxylic acids is 4. The Balaban J connectivity index is 0.860. The van der Waals surface area contributed by atoms with Crippen LogP contribution < -0.4 is 25.9 Å². The van der Waals surface area contributed by atoms with Crippen LogP contribution in [-0.2, 0) is 41.6 Å². The number of cyclic esters (lactones) is 1. The van der Waals surface area contributed by atoms with Crippen molar-refractivity contribution in [1.82, 2.24) is 45.3 Å². The van der Waals surface area contributed by atoms with Crippen LogP contribution in [0.3, 0.4) is 0 Å². The predicted octanol–water partition coefficient (Wildman–Crippen LogP) is 6.07. The third-order valence-corrected chi connectivity index (χ3v) is 19.1. The molecule has 1 spiro atoms. The van der Waals surface area contributed by atoms with E-state index in [1.807, 2.05) is 64.8 Å². The van der Waals surface area contributed by atoms with Gasteiger partial charge in [0.1, 0.15) is 24.7 Å². The molecule has 7 atom stereocenters. The Labute approximate surface area is 468 Å². The van der Waals surface area contributed by atoms with Crippen molar-refractivity contribution in [2.24, 2.45) is 22.7 Å². The van der Waals surface area contributed by atoms with Crippen LogP contribution in [0.25, 0.3) is 22.2 Å². The van der Waals surface area contributed by atoms with Gasteiger partial charge in [0.25, 0.3) is 5.91 Å². The van der Waals surface area contributed by atoms with Crippen LogP contribution in [0, 0.1) is 22.7 Å². The Morgan fingerprint density at radius 2 is 1.68 bits per heavy atom. The Morgan fingerprint density at radius 3 is 2.40 bits per heavy atom. The number of fused-ring (bicyclic) bond motifs is 6. The van der Waals surface area contributed by atoms with E-state index in [4.69, 9.17) is 14.5 Å². The van der Waals surface area contributed by atoms with E-state index in [1.165, 1.54) is 35.3 Å². The molecule has 17 nitrogen and oxygen atoms in total. The molecule has 3 N–H and O–H groups in total. The summed E-state index contributed by atoms with van der Waals surface area (Å²) in [5.74, 6) is -0.523. The highest BCUT2D eigenvalue weighted by Gasteiger charge is 2.55. The van der Waals surface area contributed by atoms with Crippen LogP contribution in [0.2, 0.25) is 0 Å². The Hall–Kier alpha value is -5.02. The lowest BCUT2D eigenvalue weighted by atomic mass is 9.84. The second-order valence-electron chi connectivity index (χ2n) is 26.7. The zero-order valence-electron chi connectivity index (χ0n) is 47.8. The Morgan fingerprint density at radius 1 is 0.900 bits per heavy atom. The predicted molar refractivity (Wildman–Crippen MR) is 299 cm³/mol. The summed E-state index contributed by atoms with van der Waals surface area (Å²) in [4.78, 5) is 74.1. The van der Waals surface area contributed by atoms with Gasteiger partial charge in [0, 0.05) is 117 Å². The van der Waals surface area contributed by atoms with E-state index in [1.54, 1.807) is 6.07 Å². The fourth-order valence-electron chi connectivity index (χ4n) is 14.5. The van der Waals surface area contributed by atoms with E-state index in [9.17, 15) is 19.2 Å². The third-order valence-electron chi connectivity index (χ3n) is 19.1. The molecule has 2 saturated carbocycles. The minimum Gasteiger partial charge on any atom is -0.464 e. The van der Waals surface area contributed by atoms with E-state index in [-0.39, 0.29) is 60.5 Å². The maximum Gasteiger partial charge on any atom is 0.406 e. The van der Waals surface area contributed by atoms with Crippen molar-refractivity contribution < 1.29 is 41.8 Å². The number of alkyl halides is 3. The van der Waals surface area contributed by atoms with Gasteiger partial charge in [-0.2, -0.15) is 13.2 Å². The topological polar surface area (TPSA) is 170 Å². The average Bonchev–Trinajstić information content (AvgIpc) is 4.42. The smallest absolute Gasteiger partial charge is 0.406 e. The monoisotopic (exact) mass is 1110 g/mol. The zero-order valence-corrected chi connectivity index (χ0v) is 47.8. The first-order chi connectivity index (χ1) is 38.2. The van der Waals surface area contributed by atoms with Gasteiger partial charge in [-0.15, -0.1) is 0 Å². The number of aromatic nitrogens is 2. The number of hydrogen-bond acceptors (Lipinski definition) is 13. The summed E-state index contributed by atoms with van der Waals surface area (Å²) in [5, 5.41) is 8.81. The van der Waals surface area contributed by atoms with Crippen molar-refractivity contribution in [3.8, 4) is 11.3 Å². The molecule has 7 aliphatic heterocycles. The van der Waals surface area contributed by atoms with Gasteiger partial charge in [-0.1, -0.05) is 41.5 Å². The first-order valence-electron chi connectivity index (χ1n) is 30.1. The molecule has 80 heavy (non-hydrogen) atoms. The van der Waals surface area contributed by atoms with Gasteiger partial charge in [-0.3, -0.25) is 44.3 Å². The molecule has 2 aliphatic carbocycles. The number of morpholine rings is 1. The first-order valence-corrected chi connectivity index (χ1v) is 30.1. The van der Waals surface area contributed by atoms with E-state index >= 15 is 13.2 Å². The number of halogens is 3. The second-order valence-corrected chi connectivity index (χ2v) is 26.7. The van der Waals surface area contributed by atoms with Crippen LogP contribution >= 0.6 is 0 Å². The molecule has 9 heterocycles. The number of hydrazine groups is 1. The van der Waals surface area contributed by atoms with Gasteiger partial charge in [0.15, 0.2) is 0 Å². The maximum absolute atomic E-state index is 15.2. The van der Waals surface area contributed by atoms with Crippen molar-refractivity contribution >= 4 is 46.0 Å². The third kappa shape index (κ3) is 11.5. The second kappa shape index (κ2) is 21.6. The van der Waals surface area contributed by atoms with Gasteiger partial charge >= 0.3 is 12.1 Å². The number of piperazine rings is 1. The first kappa shape index (κ1) is 55.5. The SMILES string of the molecule is CC(C)c1ncc(N2CCN(C3CC3)CC2)cc1-c1c2c3cc(ccc3n1CC(F)(F)F)N1CCO[C@@H](C[C@H](NC(=O)[C@H](C(C)C)N3CC[C@]4(CCN(C(=O)[C@@H]5N[C@@H]5C5CC5)C4)C3)C(=O)N3CCC[C@H](N3)C(=O)OCC(C)(C)C2)C1. The van der Waals surface area contributed by atoms with E-state index in [0.29, 0.717) is 105 Å². The molecule has 12 rings (SSSR count). The number of carbonyl (C=O) groups is 4. The molecule has 3 amide bonds. The molecule has 6 saturated heterocycles. The fourth-order valence-corrected chi connectivity index (χ4v) is 14.5. The molecule has 6 bridgehead atoms. The number of anilines is 2. The van der Waals surface area contributed by atoms with Crippen LogP contribution in [0.5, 0.6) is 0 Å². The Bertz CT molecular complexity index is 2840. The van der Waals surface area contributed by atoms with Crippen molar-refractivity contribution in [2.75, 3.05) is 95.0 Å². The average molecular weight is 1110 g/mol. The van der Waals surface area contributed by atoms with Crippen LogP contribution in [0.15, 0.2) is 30.5 Å². The van der Waals surface area contributed by atoms with Crippen LogP contribution in [-0.4, -0.2) is 187 Å². The summed E-state index contributed by atoms with van der Waals surface area (Å²) in [6.45, 7) is 18.6. The molecule has 8 fully saturated rings. The number of likely N-dealkylation sites (tertiary alicyclic amines) is 2. The number of rotatable bonds is 11. The quantitative estimate of drug-likeness (QED) is 0.150. The summed E-state index contributed by atoms with van der Waals surface area (Å²) >= 11 is 0. The van der Waals surface area contributed by atoms with E-state index in [2.05, 4.69) is 41.7 Å². The number of ether oxygens (including phenoxy) is 2. The summed E-state index contributed by atoms with van der Waals surface area (Å²) in [7, 11) is 0. The van der Waals surface area contributed by atoms with Gasteiger partial charge in [-0.05, 0) is 112 Å². The number of pyridine rings is 1. The normalized spacial score (nSPS) is 29.5. The highest BCUT2D eigenvalue weighted by Crippen LogP contribution is 2.46. The molecular weight excluding hydrogens is 1030 g/mol. The number of benzene rings is 1. The Kier molecular flexibility index (Phi) is 15.0. The molecule has 436 valence electrons. The molecular formula is C60H84F3N11O6. The molecule has 9 aliphatic rings. The highest BCUT2D eigenvalue weighted by atomic mass is 19.4. The molecule has 1 aromatic carbocycles. The lowest BCUT2D eigenvalue weighted by Gasteiger charge is -2.39. The zero-order chi connectivity index (χ0) is 56.0. The molecule has 0 radical (unpaired) electrons. The summed E-state index contributed by atoms with van der Waals surface area (Å²) in [6, 6.07) is 6.25. The molecule has 0 unspecified atom stereocenters. The van der Waals surface area contributed by atoms with Crippen LogP contribution in [0.4, 0.5) is 24.5 Å². The number of amides is 3. The number of hydrogen-bond donors (Lipinski definition) is 3. The largest absolute Gasteiger partial charge is 0.464 e. The number of nitrogens with zero attached hydrogens (tertiary/aromatic N) is 8. The minimum absolute atomic E-state index is 0.0329. The lowest BCUT2D eigenvalue weighted by Crippen LogP contribution is -2.62. The van der Waals surface area contributed by atoms with Gasteiger partial charge in [0.2, 0.25) is 11.8 Å². The minimum atomic E-state index is -4.56. The molecule has 2 aromatic heterocycles. The molecule has 20 heteroatoms. The molecule has 3 aromatic rings. The standard InChI is InChI=1S/C60H84F3N11O6/c1-36(2)49-44(27-41(30-64-49)69-22-20-68(21-23-69)39-11-12-39)53-45-29-58(5,6)35-80-57(78)46-8-7-17-74(67-46)55(76)47(28-42-31-70(24-25-79-42)40-13-14-48(43(45)26-40)73(53)34-60(61,62)63)65-54(75)52(37(3)4)71-18-15-59(32-71)16-19-72(33-59)56(77)51-50(66-51)38-9-10-38/h13-14,26-27,30,36-39,42,46-47,50-52,66-67H,7-12,15-25,28-29,31-35H2,1-6H3,(H,65,75)/t42-,46-,47-,50+,51+,52-,59-/m0/s1. The van der Waals surface area contributed by atoms with Gasteiger partial charge < -0.3 is 34.1 Å². The van der Waals surface area contributed by atoms with Gasteiger partial charge in [-0.25, -0.2) is 5.43 Å². The lowest BCUT2D eigenvalue weighted by molar-refractivity contribution is -0.156. The van der Waals surface area contributed by atoms with Crippen molar-refractivity contribution in [1.29, 1.82) is 0 Å². The van der Waals surface area contributed by atoms with Crippen molar-refractivity contribution in [3.63, 3.8) is 0 Å². The van der Waals surface area contributed by atoms with E-state index in [0.717, 1.165) is 62.5 Å². The van der Waals surface area contributed by atoms with Crippen LogP contribution in [0.1, 0.15) is 117 Å². The number of nitrogens with one attached hydrogen (secondary N) is 3. The van der Waals surface area contributed by atoms with E-state index < -0.39 is 48.3 Å². The summed E-state index contributed by atoms with van der Waals surface area (Å²) in [5.41, 5.74) is 7.03. The van der Waals surface area contributed by atoms with Crippen molar-refractivity contribution in [2.45, 2.75) is 167 Å². The maximum atomic E-state index is 15.2. The van der Waals surface area contributed by atoms with Crippen molar-refractivity contribution in [3.05, 3.63) is 41.7 Å².